The smallest absolute Gasteiger partial charge is 0.317 e. The number of carbonyl (C=O) groups excluding carboxylic acids is 2. The first-order valence-electron chi connectivity index (χ1n) is 14.1. The van der Waals surface area contributed by atoms with E-state index in [1.54, 1.807) is 17.1 Å². The van der Waals surface area contributed by atoms with Gasteiger partial charge in [-0.3, -0.25) is 15.1 Å². The lowest BCUT2D eigenvalue weighted by Gasteiger charge is -2.30. The standard InChI is InChI=1S/C32H37N7O2/c1-21-5-11-25(12-6-21)39-28(19-27(38-39)32(2,3)4)37-31(41)36-24-9-7-22(8-10-24)29(23-13-15-33-16-14-23)30(40)26-20-34-17-18-35-26/h5-12,17-20,23,29,33H,13-16H2,1-4H3,(H2,36,37,41). The highest BCUT2D eigenvalue weighted by atomic mass is 16.2. The Kier molecular flexibility index (Phi) is 8.26. The minimum atomic E-state index is -0.378. The molecule has 2 aromatic heterocycles. The van der Waals surface area contributed by atoms with Gasteiger partial charge < -0.3 is 10.6 Å². The molecule has 1 fully saturated rings. The monoisotopic (exact) mass is 551 g/mol. The number of hydrogen-bond donors (Lipinski definition) is 3. The summed E-state index contributed by atoms with van der Waals surface area (Å²) in [6, 6.07) is 17.1. The maximum Gasteiger partial charge on any atom is 0.324 e. The molecule has 2 aromatic carbocycles. The second-order valence-corrected chi connectivity index (χ2v) is 11.6. The molecule has 212 valence electrons. The third kappa shape index (κ3) is 6.69. The van der Waals surface area contributed by atoms with Gasteiger partial charge in [-0.15, -0.1) is 0 Å². The lowest BCUT2D eigenvalue weighted by molar-refractivity contribution is 0.0910. The van der Waals surface area contributed by atoms with Crippen LogP contribution in [0, 0.1) is 12.8 Å². The van der Waals surface area contributed by atoms with E-state index >= 15 is 0 Å². The number of nitrogens with one attached hydrogen (secondary N) is 3. The Balaban J connectivity index is 1.34. The molecule has 41 heavy (non-hydrogen) atoms. The molecule has 1 saturated heterocycles. The number of ketones is 1. The summed E-state index contributed by atoms with van der Waals surface area (Å²) in [7, 11) is 0. The van der Waals surface area contributed by atoms with E-state index in [-0.39, 0.29) is 29.1 Å². The molecule has 0 aliphatic carbocycles. The van der Waals surface area contributed by atoms with E-state index in [9.17, 15) is 9.59 Å². The largest absolute Gasteiger partial charge is 0.324 e. The fourth-order valence-electron chi connectivity index (χ4n) is 5.17. The van der Waals surface area contributed by atoms with Crippen LogP contribution in [0.5, 0.6) is 0 Å². The Morgan fingerprint density at radius 2 is 1.68 bits per heavy atom. The molecule has 0 spiro atoms. The second-order valence-electron chi connectivity index (χ2n) is 11.6. The molecule has 0 bridgehead atoms. The van der Waals surface area contributed by atoms with Crippen molar-refractivity contribution in [2.75, 3.05) is 23.7 Å². The zero-order valence-electron chi connectivity index (χ0n) is 24.0. The fraction of sp³-hybridized carbons (Fsp3) is 0.344. The number of nitrogens with zero attached hydrogens (tertiary/aromatic N) is 4. The molecule has 0 saturated carbocycles. The van der Waals surface area contributed by atoms with Crippen molar-refractivity contribution in [2.45, 2.75) is 51.9 Å². The lowest BCUT2D eigenvalue weighted by atomic mass is 9.77. The predicted octanol–water partition coefficient (Wildman–Crippen LogP) is 5.88. The molecule has 4 aromatic rings. The highest BCUT2D eigenvalue weighted by Gasteiger charge is 2.32. The maximum absolute atomic E-state index is 13.5. The molecule has 2 amide bonds. The lowest BCUT2D eigenvalue weighted by Crippen LogP contribution is -2.34. The molecule has 3 heterocycles. The zero-order valence-corrected chi connectivity index (χ0v) is 24.0. The van der Waals surface area contributed by atoms with Crippen LogP contribution in [-0.2, 0) is 5.41 Å². The van der Waals surface area contributed by atoms with Crippen molar-refractivity contribution in [1.82, 2.24) is 25.1 Å². The molecule has 1 aliphatic rings. The minimum Gasteiger partial charge on any atom is -0.317 e. The van der Waals surface area contributed by atoms with Crippen molar-refractivity contribution in [3.8, 4) is 5.69 Å². The van der Waals surface area contributed by atoms with Crippen LogP contribution in [0.3, 0.4) is 0 Å². The summed E-state index contributed by atoms with van der Waals surface area (Å²) >= 11 is 0. The fourth-order valence-corrected chi connectivity index (χ4v) is 5.17. The summed E-state index contributed by atoms with van der Waals surface area (Å²) in [5, 5.41) is 14.1. The number of aryl methyl sites for hydroxylation is 1. The van der Waals surface area contributed by atoms with Crippen LogP contribution in [0.15, 0.2) is 73.2 Å². The third-order valence-corrected chi connectivity index (χ3v) is 7.48. The molecule has 9 heteroatoms. The van der Waals surface area contributed by atoms with Crippen LogP contribution in [0.1, 0.15) is 66.8 Å². The van der Waals surface area contributed by atoms with Gasteiger partial charge in [0.15, 0.2) is 5.78 Å². The first kappa shape index (κ1) is 28.2. The highest BCUT2D eigenvalue weighted by molar-refractivity contribution is 6.00. The van der Waals surface area contributed by atoms with E-state index in [2.05, 4.69) is 46.7 Å². The Morgan fingerprint density at radius 1 is 0.976 bits per heavy atom. The van der Waals surface area contributed by atoms with Crippen LogP contribution >= 0.6 is 0 Å². The topological polar surface area (TPSA) is 114 Å². The number of aromatic nitrogens is 4. The Hall–Kier alpha value is -4.37. The molecule has 0 radical (unpaired) electrons. The van der Waals surface area contributed by atoms with E-state index in [4.69, 9.17) is 5.10 Å². The average Bonchev–Trinajstić information content (AvgIpc) is 3.40. The van der Waals surface area contributed by atoms with Gasteiger partial charge in [0.2, 0.25) is 0 Å². The number of Topliss-reactive ketones (excluding diaryl/α,β-unsaturated/α-hetero) is 1. The first-order valence-corrected chi connectivity index (χ1v) is 14.1. The van der Waals surface area contributed by atoms with Crippen molar-refractivity contribution < 1.29 is 9.59 Å². The van der Waals surface area contributed by atoms with Crippen molar-refractivity contribution >= 4 is 23.3 Å². The van der Waals surface area contributed by atoms with Crippen molar-refractivity contribution in [3.63, 3.8) is 0 Å². The Labute approximate surface area is 240 Å². The second kappa shape index (κ2) is 12.0. The van der Waals surface area contributed by atoms with Crippen LogP contribution < -0.4 is 16.0 Å². The summed E-state index contributed by atoms with van der Waals surface area (Å²) < 4.78 is 1.75. The number of benzene rings is 2. The highest BCUT2D eigenvalue weighted by Crippen LogP contribution is 2.34. The number of piperidine rings is 1. The summed E-state index contributed by atoms with van der Waals surface area (Å²) in [5.74, 6) is 0.430. The zero-order chi connectivity index (χ0) is 29.0. The SMILES string of the molecule is Cc1ccc(-n2nc(C(C)(C)C)cc2NC(=O)Nc2ccc(C(C(=O)c3cnccn3)C3CCNCC3)cc2)cc1. The van der Waals surface area contributed by atoms with E-state index in [1.165, 1.54) is 6.20 Å². The van der Waals surface area contributed by atoms with Gasteiger partial charge in [0.25, 0.3) is 0 Å². The summed E-state index contributed by atoms with van der Waals surface area (Å²) in [6.45, 7) is 10.1. The van der Waals surface area contributed by atoms with Gasteiger partial charge in [-0.05, 0) is 68.6 Å². The molecule has 1 aliphatic heterocycles. The van der Waals surface area contributed by atoms with E-state index in [0.29, 0.717) is 17.2 Å². The van der Waals surface area contributed by atoms with Gasteiger partial charge >= 0.3 is 6.03 Å². The van der Waals surface area contributed by atoms with Crippen LogP contribution in [0.2, 0.25) is 0 Å². The van der Waals surface area contributed by atoms with Crippen LogP contribution in [0.25, 0.3) is 5.69 Å². The number of carbonyl (C=O) groups is 2. The molecular weight excluding hydrogens is 514 g/mol. The van der Waals surface area contributed by atoms with E-state index in [0.717, 1.165) is 48.4 Å². The molecule has 9 nitrogen and oxygen atoms in total. The molecule has 1 atom stereocenters. The number of hydrogen-bond acceptors (Lipinski definition) is 6. The number of anilines is 2. The van der Waals surface area contributed by atoms with Gasteiger partial charge in [-0.25, -0.2) is 14.5 Å². The number of amides is 2. The van der Waals surface area contributed by atoms with Crippen LogP contribution in [0.4, 0.5) is 16.3 Å². The number of urea groups is 1. The molecular formula is C32H37N7O2. The molecule has 1 unspecified atom stereocenters. The van der Waals surface area contributed by atoms with Gasteiger partial charge in [0.05, 0.1) is 23.5 Å². The summed E-state index contributed by atoms with van der Waals surface area (Å²) in [5.41, 5.74) is 4.60. The normalized spacial score (nSPS) is 14.8. The molecule has 5 rings (SSSR count). The van der Waals surface area contributed by atoms with E-state index < -0.39 is 0 Å². The van der Waals surface area contributed by atoms with E-state index in [1.807, 2.05) is 61.5 Å². The summed E-state index contributed by atoms with van der Waals surface area (Å²) in [6.07, 6.45) is 6.46. The van der Waals surface area contributed by atoms with Gasteiger partial charge in [-0.2, -0.15) is 5.10 Å². The first-order chi connectivity index (χ1) is 19.7. The molecule has 3 N–H and O–H groups in total. The third-order valence-electron chi connectivity index (χ3n) is 7.48. The van der Waals surface area contributed by atoms with Crippen molar-refractivity contribution in [2.24, 2.45) is 5.92 Å². The van der Waals surface area contributed by atoms with Gasteiger partial charge in [0, 0.05) is 29.6 Å². The maximum atomic E-state index is 13.5. The quantitative estimate of drug-likeness (QED) is 0.247. The van der Waals surface area contributed by atoms with Gasteiger partial charge in [-0.1, -0.05) is 50.6 Å². The van der Waals surface area contributed by atoms with Crippen molar-refractivity contribution in [1.29, 1.82) is 0 Å². The average molecular weight is 552 g/mol. The Morgan fingerprint density at radius 3 is 2.32 bits per heavy atom. The van der Waals surface area contributed by atoms with Gasteiger partial charge in [0.1, 0.15) is 11.5 Å². The van der Waals surface area contributed by atoms with Crippen molar-refractivity contribution in [3.05, 3.63) is 95.7 Å². The number of rotatable bonds is 7. The Bertz CT molecular complexity index is 1480. The summed E-state index contributed by atoms with van der Waals surface area (Å²) in [4.78, 5) is 35.0. The predicted molar refractivity (Wildman–Crippen MR) is 161 cm³/mol. The minimum absolute atomic E-state index is 0.0255. The van der Waals surface area contributed by atoms with Crippen LogP contribution in [-0.4, -0.2) is 44.7 Å².